The summed E-state index contributed by atoms with van der Waals surface area (Å²) in [6, 6.07) is 0.165. The van der Waals surface area contributed by atoms with Crippen LogP contribution in [0, 0.1) is 11.8 Å². The molecule has 0 unspecified atom stereocenters. The first-order valence-electron chi connectivity index (χ1n) is 10.2. The number of ether oxygens (including phenoxy) is 2. The van der Waals surface area contributed by atoms with E-state index in [0.717, 1.165) is 25.7 Å². The van der Waals surface area contributed by atoms with Crippen LogP contribution in [0.25, 0.3) is 0 Å². The van der Waals surface area contributed by atoms with Crippen LogP contribution in [-0.2, 0) is 23.9 Å². The van der Waals surface area contributed by atoms with Crippen LogP contribution in [-0.4, -0.2) is 56.6 Å². The Hall–Kier alpha value is -1.47. The number of ketones is 1. The van der Waals surface area contributed by atoms with Crippen molar-refractivity contribution in [3.05, 3.63) is 0 Å². The summed E-state index contributed by atoms with van der Waals surface area (Å²) in [7, 11) is 0. The van der Waals surface area contributed by atoms with E-state index >= 15 is 0 Å². The van der Waals surface area contributed by atoms with E-state index in [1.54, 1.807) is 0 Å². The minimum atomic E-state index is -0.0589. The number of hydrogen-bond acceptors (Lipinski definition) is 5. The largest absolute Gasteiger partial charge is 0.381 e. The minimum Gasteiger partial charge on any atom is -0.381 e. The molecule has 0 heterocycles. The third-order valence-corrected chi connectivity index (χ3v) is 4.78. The van der Waals surface area contributed by atoms with Crippen molar-refractivity contribution in [2.75, 3.05) is 33.0 Å². The molecule has 1 aliphatic carbocycles. The number of amides is 2. The van der Waals surface area contributed by atoms with Gasteiger partial charge in [-0.25, -0.2) is 0 Å². The smallest absolute Gasteiger partial charge is 0.222 e. The molecular weight excluding hydrogens is 348 g/mol. The van der Waals surface area contributed by atoms with Gasteiger partial charge in [-0.3, -0.25) is 14.4 Å². The first kappa shape index (κ1) is 23.6. The highest BCUT2D eigenvalue weighted by atomic mass is 16.5. The van der Waals surface area contributed by atoms with E-state index in [-0.39, 0.29) is 29.7 Å². The van der Waals surface area contributed by atoms with E-state index in [1.807, 2.05) is 20.8 Å². The summed E-state index contributed by atoms with van der Waals surface area (Å²) >= 11 is 0. The van der Waals surface area contributed by atoms with E-state index in [1.165, 1.54) is 0 Å². The van der Waals surface area contributed by atoms with Gasteiger partial charge < -0.3 is 20.1 Å². The monoisotopic (exact) mass is 384 g/mol. The van der Waals surface area contributed by atoms with Crippen molar-refractivity contribution >= 4 is 17.6 Å². The summed E-state index contributed by atoms with van der Waals surface area (Å²) < 4.78 is 10.5. The van der Waals surface area contributed by atoms with Gasteiger partial charge in [-0.1, -0.05) is 13.8 Å². The zero-order valence-corrected chi connectivity index (χ0v) is 17.1. The van der Waals surface area contributed by atoms with Crippen LogP contribution in [0.2, 0.25) is 0 Å². The van der Waals surface area contributed by atoms with Crippen LogP contribution in [0.3, 0.4) is 0 Å². The number of hydrogen-bond donors (Lipinski definition) is 2. The van der Waals surface area contributed by atoms with Crippen molar-refractivity contribution in [2.45, 2.75) is 65.3 Å². The average Bonchev–Trinajstić information content (AvgIpc) is 2.64. The van der Waals surface area contributed by atoms with Gasteiger partial charge in [-0.15, -0.1) is 0 Å². The molecule has 0 bridgehead atoms. The van der Waals surface area contributed by atoms with Gasteiger partial charge in [0.2, 0.25) is 11.8 Å². The Morgan fingerprint density at radius 3 is 2.19 bits per heavy atom. The van der Waals surface area contributed by atoms with E-state index in [4.69, 9.17) is 9.47 Å². The summed E-state index contributed by atoms with van der Waals surface area (Å²) in [6.07, 6.45) is 4.11. The number of carbonyl (C=O) groups is 3. The van der Waals surface area contributed by atoms with Crippen molar-refractivity contribution in [3.63, 3.8) is 0 Å². The maximum atomic E-state index is 12.0. The molecule has 7 nitrogen and oxygen atoms in total. The first-order chi connectivity index (χ1) is 12.9. The Balaban J connectivity index is 2.02. The third kappa shape index (κ3) is 10.4. The first-order valence-corrected chi connectivity index (χ1v) is 10.2. The van der Waals surface area contributed by atoms with Crippen molar-refractivity contribution in [1.29, 1.82) is 0 Å². The van der Waals surface area contributed by atoms with Crippen LogP contribution >= 0.6 is 0 Å². The van der Waals surface area contributed by atoms with Crippen LogP contribution in [0.15, 0.2) is 0 Å². The van der Waals surface area contributed by atoms with Crippen molar-refractivity contribution in [3.8, 4) is 0 Å². The predicted octanol–water partition coefficient (Wildman–Crippen LogP) is 1.84. The fourth-order valence-electron chi connectivity index (χ4n) is 3.22. The lowest BCUT2D eigenvalue weighted by Crippen LogP contribution is -2.39. The van der Waals surface area contributed by atoms with Gasteiger partial charge in [0.15, 0.2) is 0 Å². The molecule has 0 aromatic heterocycles. The van der Waals surface area contributed by atoms with Gasteiger partial charge in [0, 0.05) is 43.9 Å². The fraction of sp³-hybridized carbons (Fsp3) is 0.850. The Kier molecular flexibility index (Phi) is 11.9. The van der Waals surface area contributed by atoms with E-state index in [9.17, 15) is 14.4 Å². The van der Waals surface area contributed by atoms with Gasteiger partial charge in [0.1, 0.15) is 5.78 Å². The Morgan fingerprint density at radius 1 is 0.926 bits per heavy atom. The molecule has 0 aliphatic heterocycles. The quantitative estimate of drug-likeness (QED) is 0.473. The second-order valence-corrected chi connectivity index (χ2v) is 7.33. The highest BCUT2D eigenvalue weighted by Crippen LogP contribution is 2.27. The number of nitrogens with one attached hydrogen (secondary N) is 2. The summed E-state index contributed by atoms with van der Waals surface area (Å²) in [5.41, 5.74) is 0. The highest BCUT2D eigenvalue weighted by molar-refractivity contribution is 5.83. The lowest BCUT2D eigenvalue weighted by Gasteiger charge is -2.29. The molecule has 1 aliphatic rings. The van der Waals surface area contributed by atoms with Crippen LogP contribution in [0.4, 0.5) is 0 Å². The zero-order chi connectivity index (χ0) is 20.1. The van der Waals surface area contributed by atoms with Crippen LogP contribution in [0.5, 0.6) is 0 Å². The Bertz CT molecular complexity index is 459. The predicted molar refractivity (Wildman–Crippen MR) is 103 cm³/mol. The molecule has 0 spiro atoms. The second kappa shape index (κ2) is 13.7. The normalized spacial score (nSPS) is 19.7. The van der Waals surface area contributed by atoms with E-state index < -0.39 is 0 Å². The van der Waals surface area contributed by atoms with Gasteiger partial charge in [0.05, 0.1) is 19.8 Å². The molecule has 27 heavy (non-hydrogen) atoms. The maximum absolute atomic E-state index is 12.0. The van der Waals surface area contributed by atoms with Gasteiger partial charge in [0.25, 0.3) is 0 Å². The average molecular weight is 385 g/mol. The fourth-order valence-corrected chi connectivity index (χ4v) is 3.22. The van der Waals surface area contributed by atoms with Crippen molar-refractivity contribution < 1.29 is 23.9 Å². The molecule has 0 atom stereocenters. The molecule has 1 saturated carbocycles. The number of rotatable bonds is 13. The lowest BCUT2D eigenvalue weighted by molar-refractivity contribution is -0.127. The molecule has 1 fully saturated rings. The molecule has 0 saturated heterocycles. The molecule has 0 radical (unpaired) electrons. The molecule has 156 valence electrons. The molecule has 2 N–H and O–H groups in total. The van der Waals surface area contributed by atoms with E-state index in [0.29, 0.717) is 51.6 Å². The summed E-state index contributed by atoms with van der Waals surface area (Å²) in [4.78, 5) is 35.5. The molecule has 7 heteroatoms. The summed E-state index contributed by atoms with van der Waals surface area (Å²) in [5.74, 6) is 0.516. The third-order valence-electron chi connectivity index (χ3n) is 4.78. The van der Waals surface area contributed by atoms with Crippen molar-refractivity contribution in [2.24, 2.45) is 11.8 Å². The SMILES string of the molecule is CCOCCC(=O)NCCOCCC(=O)NC1CCC(C(=O)C(C)C)CC1. The van der Waals surface area contributed by atoms with E-state index in [2.05, 4.69) is 10.6 Å². The highest BCUT2D eigenvalue weighted by Gasteiger charge is 2.28. The van der Waals surface area contributed by atoms with Gasteiger partial charge in [-0.05, 0) is 32.6 Å². The van der Waals surface area contributed by atoms with Crippen LogP contribution < -0.4 is 10.6 Å². The molecule has 0 aromatic carbocycles. The molecule has 1 rings (SSSR count). The molecular formula is C20H36N2O5. The van der Waals surface area contributed by atoms with Crippen LogP contribution in [0.1, 0.15) is 59.3 Å². The van der Waals surface area contributed by atoms with Crippen molar-refractivity contribution in [1.82, 2.24) is 10.6 Å². The molecule has 0 aromatic rings. The van der Waals surface area contributed by atoms with Gasteiger partial charge >= 0.3 is 0 Å². The topological polar surface area (TPSA) is 93.7 Å². The number of Topliss-reactive ketones (excluding diaryl/α,β-unsaturated/α-hetero) is 1. The lowest BCUT2D eigenvalue weighted by atomic mass is 9.80. The number of carbonyl (C=O) groups excluding carboxylic acids is 3. The maximum Gasteiger partial charge on any atom is 0.222 e. The minimum absolute atomic E-state index is 0.0191. The summed E-state index contributed by atoms with van der Waals surface area (Å²) in [6.45, 7) is 7.97. The summed E-state index contributed by atoms with van der Waals surface area (Å²) in [5, 5.41) is 5.78. The molecule has 2 amide bonds. The second-order valence-electron chi connectivity index (χ2n) is 7.33. The Labute approximate surface area is 162 Å². The van der Waals surface area contributed by atoms with Gasteiger partial charge in [-0.2, -0.15) is 0 Å². The standard InChI is InChI=1S/C20H36N2O5/c1-4-26-12-9-18(23)21-11-14-27-13-10-19(24)22-17-7-5-16(6-8-17)20(25)15(2)3/h15-17H,4-14H2,1-3H3,(H,21,23)(H,22,24). The zero-order valence-electron chi connectivity index (χ0n) is 17.1. The Morgan fingerprint density at radius 2 is 1.56 bits per heavy atom.